The minimum Gasteiger partial charge on any atom is -0.349 e. The van der Waals surface area contributed by atoms with Crippen molar-refractivity contribution in [2.24, 2.45) is 0 Å². The lowest BCUT2D eigenvalue weighted by molar-refractivity contribution is 0.614. The quantitative estimate of drug-likeness (QED) is 0.818. The minimum absolute atomic E-state index is 0.105. The molecule has 2 aromatic heterocycles. The molecule has 0 bridgehead atoms. The van der Waals surface area contributed by atoms with Crippen LogP contribution < -0.4 is 10.2 Å². The molecule has 0 aromatic carbocycles. The summed E-state index contributed by atoms with van der Waals surface area (Å²) in [4.78, 5) is 20.8. The number of halogens is 1. The molecule has 0 fully saturated rings. The Morgan fingerprint density at radius 2 is 2.20 bits per heavy atom. The van der Waals surface area contributed by atoms with Crippen molar-refractivity contribution < 1.29 is 4.39 Å². The van der Waals surface area contributed by atoms with Crippen molar-refractivity contribution in [3.63, 3.8) is 0 Å². The van der Waals surface area contributed by atoms with Gasteiger partial charge in [-0.1, -0.05) is 11.3 Å². The predicted molar refractivity (Wildman–Crippen MR) is 54.3 cm³/mol. The number of anilines is 1. The minimum atomic E-state index is -0.482. The molecular formula is C8H7FN4OS. The Morgan fingerprint density at radius 3 is 2.80 bits per heavy atom. The molecule has 0 amide bonds. The van der Waals surface area contributed by atoms with E-state index in [2.05, 4.69) is 20.3 Å². The van der Waals surface area contributed by atoms with E-state index in [0.717, 1.165) is 29.4 Å². The average molecular weight is 226 g/mol. The fraction of sp³-hybridized carbons (Fsp3) is 0.125. The van der Waals surface area contributed by atoms with Gasteiger partial charge in [0.1, 0.15) is 0 Å². The van der Waals surface area contributed by atoms with Crippen LogP contribution in [-0.4, -0.2) is 15.0 Å². The number of nitrogens with one attached hydrogen (secondary N) is 2. The van der Waals surface area contributed by atoms with Crippen LogP contribution in [-0.2, 0) is 6.54 Å². The molecule has 0 saturated heterocycles. The Balaban J connectivity index is 1.99. The van der Waals surface area contributed by atoms with Crippen LogP contribution in [0.1, 0.15) is 5.69 Å². The monoisotopic (exact) mass is 226 g/mol. The number of hydrogen-bond donors (Lipinski definition) is 2. The lowest BCUT2D eigenvalue weighted by atomic mass is 10.5. The number of rotatable bonds is 3. The summed E-state index contributed by atoms with van der Waals surface area (Å²) in [6.07, 6.45) is 2.15. The molecule has 0 spiro atoms. The van der Waals surface area contributed by atoms with Gasteiger partial charge in [-0.25, -0.2) is 14.4 Å². The third-order valence-electron chi connectivity index (χ3n) is 1.63. The molecule has 0 aliphatic heterocycles. The number of H-pyrrole nitrogens is 1. The zero-order valence-corrected chi connectivity index (χ0v) is 8.34. The molecule has 0 aliphatic carbocycles. The first-order valence-electron chi connectivity index (χ1n) is 4.12. The first-order valence-corrected chi connectivity index (χ1v) is 5.00. The van der Waals surface area contributed by atoms with Crippen molar-refractivity contribution in [2.45, 2.75) is 6.54 Å². The second-order valence-electron chi connectivity index (χ2n) is 2.75. The maximum absolute atomic E-state index is 12.5. The summed E-state index contributed by atoms with van der Waals surface area (Å²) in [5, 5.41) is 4.56. The zero-order chi connectivity index (χ0) is 10.7. The molecule has 0 radical (unpaired) electrons. The maximum Gasteiger partial charge on any atom is 0.304 e. The Hall–Kier alpha value is -1.76. The van der Waals surface area contributed by atoms with Crippen molar-refractivity contribution >= 4 is 17.3 Å². The van der Waals surface area contributed by atoms with Crippen molar-refractivity contribution in [3.8, 4) is 0 Å². The normalized spacial score (nSPS) is 10.2. The Bertz CT molecular complexity index is 492. The molecule has 2 heterocycles. The molecule has 0 unspecified atom stereocenters. The molecule has 5 nitrogen and oxygen atoms in total. The SMILES string of the molecule is O=c1[nH]c(CNc2ncc(F)cn2)cs1. The van der Waals surface area contributed by atoms with E-state index < -0.39 is 5.82 Å². The second-order valence-corrected chi connectivity index (χ2v) is 3.59. The van der Waals surface area contributed by atoms with Crippen molar-refractivity contribution in [1.29, 1.82) is 0 Å². The molecule has 0 saturated carbocycles. The fourth-order valence-corrected chi connectivity index (χ4v) is 1.56. The van der Waals surface area contributed by atoms with Crippen molar-refractivity contribution in [2.75, 3.05) is 5.32 Å². The molecule has 2 aromatic rings. The fourth-order valence-electron chi connectivity index (χ4n) is 0.978. The van der Waals surface area contributed by atoms with Crippen LogP contribution >= 0.6 is 11.3 Å². The molecule has 7 heteroatoms. The smallest absolute Gasteiger partial charge is 0.304 e. The third kappa shape index (κ3) is 2.59. The van der Waals surface area contributed by atoms with Crippen LogP contribution in [0.5, 0.6) is 0 Å². The summed E-state index contributed by atoms with van der Waals surface area (Å²) in [5.41, 5.74) is 0.748. The number of aromatic amines is 1. The predicted octanol–water partition coefficient (Wildman–Crippen LogP) is 0.978. The van der Waals surface area contributed by atoms with Gasteiger partial charge in [0.25, 0.3) is 0 Å². The lowest BCUT2D eigenvalue weighted by Crippen LogP contribution is -2.05. The highest BCUT2D eigenvalue weighted by molar-refractivity contribution is 7.07. The van der Waals surface area contributed by atoms with Gasteiger partial charge in [0, 0.05) is 11.1 Å². The van der Waals surface area contributed by atoms with Gasteiger partial charge in [0.15, 0.2) is 5.82 Å². The molecule has 0 aliphatic rings. The summed E-state index contributed by atoms with van der Waals surface area (Å²) in [5.74, 6) is -0.159. The average Bonchev–Trinajstić information content (AvgIpc) is 2.64. The highest BCUT2D eigenvalue weighted by Gasteiger charge is 1.98. The van der Waals surface area contributed by atoms with E-state index in [-0.39, 0.29) is 4.87 Å². The van der Waals surface area contributed by atoms with Crippen LogP contribution in [0.15, 0.2) is 22.6 Å². The largest absolute Gasteiger partial charge is 0.349 e. The molecule has 78 valence electrons. The summed E-state index contributed by atoms with van der Waals surface area (Å²) < 4.78 is 12.5. The maximum atomic E-state index is 12.5. The van der Waals surface area contributed by atoms with E-state index in [4.69, 9.17) is 0 Å². The number of aromatic nitrogens is 3. The molecule has 2 rings (SSSR count). The Labute approximate surface area is 88.0 Å². The molecule has 2 N–H and O–H groups in total. The van der Waals surface area contributed by atoms with Gasteiger partial charge in [-0.2, -0.15) is 0 Å². The van der Waals surface area contributed by atoms with Crippen LogP contribution in [0.4, 0.5) is 10.3 Å². The first-order chi connectivity index (χ1) is 7.24. The van der Waals surface area contributed by atoms with E-state index in [1.807, 2.05) is 0 Å². The van der Waals surface area contributed by atoms with E-state index in [0.29, 0.717) is 12.5 Å². The van der Waals surface area contributed by atoms with Gasteiger partial charge in [0.2, 0.25) is 5.95 Å². The zero-order valence-electron chi connectivity index (χ0n) is 7.53. The van der Waals surface area contributed by atoms with Gasteiger partial charge in [-0.05, 0) is 0 Å². The number of nitrogens with zero attached hydrogens (tertiary/aromatic N) is 2. The van der Waals surface area contributed by atoms with E-state index in [1.54, 1.807) is 5.38 Å². The molecule has 0 atom stereocenters. The third-order valence-corrected chi connectivity index (χ3v) is 2.35. The summed E-state index contributed by atoms with van der Waals surface area (Å²) >= 11 is 1.09. The molecule has 15 heavy (non-hydrogen) atoms. The van der Waals surface area contributed by atoms with Gasteiger partial charge >= 0.3 is 4.87 Å². The summed E-state index contributed by atoms with van der Waals surface area (Å²) in [6, 6.07) is 0. The van der Waals surface area contributed by atoms with Gasteiger partial charge in [-0.15, -0.1) is 0 Å². The van der Waals surface area contributed by atoms with Crippen LogP contribution in [0.2, 0.25) is 0 Å². The van der Waals surface area contributed by atoms with Gasteiger partial charge < -0.3 is 10.3 Å². The van der Waals surface area contributed by atoms with E-state index in [9.17, 15) is 9.18 Å². The Kier molecular flexibility index (Phi) is 2.72. The Morgan fingerprint density at radius 1 is 1.47 bits per heavy atom. The van der Waals surface area contributed by atoms with Gasteiger partial charge in [-0.3, -0.25) is 4.79 Å². The summed E-state index contributed by atoms with van der Waals surface area (Å²) in [7, 11) is 0. The van der Waals surface area contributed by atoms with E-state index in [1.165, 1.54) is 0 Å². The number of thiazole rings is 1. The van der Waals surface area contributed by atoms with E-state index >= 15 is 0 Å². The standard InChI is InChI=1S/C8H7FN4OS/c9-5-1-10-7(11-2-5)12-3-6-4-15-8(14)13-6/h1-2,4H,3H2,(H,13,14)(H,10,11,12). The second kappa shape index (κ2) is 4.18. The van der Waals surface area contributed by atoms with Gasteiger partial charge in [0.05, 0.1) is 18.9 Å². The van der Waals surface area contributed by atoms with Crippen LogP contribution in [0.3, 0.4) is 0 Å². The van der Waals surface area contributed by atoms with Crippen LogP contribution in [0.25, 0.3) is 0 Å². The highest BCUT2D eigenvalue weighted by atomic mass is 32.1. The summed E-state index contributed by atoms with van der Waals surface area (Å²) in [6.45, 7) is 0.407. The lowest BCUT2D eigenvalue weighted by Gasteiger charge is -2.01. The van der Waals surface area contributed by atoms with Crippen molar-refractivity contribution in [3.05, 3.63) is 39.0 Å². The molecular weight excluding hydrogens is 219 g/mol. The topological polar surface area (TPSA) is 70.7 Å². The van der Waals surface area contributed by atoms with Crippen molar-refractivity contribution in [1.82, 2.24) is 15.0 Å². The first kappa shape index (κ1) is 9.78. The highest BCUT2D eigenvalue weighted by Crippen LogP contribution is 2.01. The number of hydrogen-bond acceptors (Lipinski definition) is 5. The van der Waals surface area contributed by atoms with Crippen LogP contribution in [0, 0.1) is 5.82 Å².